The van der Waals surface area contributed by atoms with Crippen LogP contribution in [0.15, 0.2) is 79.3 Å². The van der Waals surface area contributed by atoms with Gasteiger partial charge >= 0.3 is 0 Å². The smallest absolute Gasteiger partial charge is 0.290 e. The second-order valence-corrected chi connectivity index (χ2v) is 10.9. The van der Waals surface area contributed by atoms with E-state index in [2.05, 4.69) is 15.3 Å². The lowest BCUT2D eigenvalue weighted by Gasteiger charge is -2.31. The number of nitrogens with zero attached hydrogens (tertiary/aromatic N) is 4. The largest absolute Gasteiger partial charge is 0.486 e. The van der Waals surface area contributed by atoms with E-state index in [4.69, 9.17) is 20.4 Å². The van der Waals surface area contributed by atoms with Crippen molar-refractivity contribution < 1.29 is 28.2 Å². The summed E-state index contributed by atoms with van der Waals surface area (Å²) in [6.07, 6.45) is 6.52. The minimum absolute atomic E-state index is 0.0170. The minimum Gasteiger partial charge on any atom is -0.486 e. The maximum Gasteiger partial charge on any atom is 0.290 e. The van der Waals surface area contributed by atoms with E-state index in [-0.39, 0.29) is 30.3 Å². The van der Waals surface area contributed by atoms with E-state index in [0.29, 0.717) is 48.3 Å². The van der Waals surface area contributed by atoms with Crippen molar-refractivity contribution in [3.05, 3.63) is 108 Å². The number of rotatable bonds is 8. The van der Waals surface area contributed by atoms with Crippen LogP contribution in [0.5, 0.6) is 5.75 Å². The molecule has 0 radical (unpaired) electrons. The van der Waals surface area contributed by atoms with Gasteiger partial charge < -0.3 is 25.8 Å². The lowest BCUT2D eigenvalue weighted by Crippen LogP contribution is -2.40. The average Bonchev–Trinajstić information content (AvgIpc) is 3.51. The standard InChI is InChI=1S/C33H32F2N6O2.CH2O2/c1-21-17-24(7-8-25(21)33(42)40-14-11-22(18-36)12-15-40)39-31-32-38-19-27(41(32)16-13-37-31)26-9-10-28(30(35)29(26)34)43-20-23-5-3-2-4-6-23;2-1-3/h2-10,13,16-17,19,22H,11-12,14-15,18,20,36H2,1H3,(H,37,39);1H,(H,2,3). The molecule has 0 aliphatic carbocycles. The third-order valence-corrected chi connectivity index (χ3v) is 7.94. The Labute approximate surface area is 264 Å². The molecule has 238 valence electrons. The molecule has 0 atom stereocenters. The summed E-state index contributed by atoms with van der Waals surface area (Å²) in [4.78, 5) is 32.3. The summed E-state index contributed by atoms with van der Waals surface area (Å²) in [6, 6.07) is 17.7. The highest BCUT2D eigenvalue weighted by Gasteiger charge is 2.24. The van der Waals surface area contributed by atoms with Gasteiger partial charge in [0.05, 0.1) is 11.9 Å². The Morgan fingerprint density at radius 2 is 1.83 bits per heavy atom. The maximum atomic E-state index is 15.3. The van der Waals surface area contributed by atoms with E-state index in [0.717, 1.165) is 29.7 Å². The molecule has 5 aromatic rings. The van der Waals surface area contributed by atoms with E-state index in [1.165, 1.54) is 18.3 Å². The summed E-state index contributed by atoms with van der Waals surface area (Å²) in [5.41, 5.74) is 9.69. The first kappa shape index (κ1) is 32.0. The van der Waals surface area contributed by atoms with Gasteiger partial charge in [0, 0.05) is 42.3 Å². The van der Waals surface area contributed by atoms with Crippen molar-refractivity contribution in [3.63, 3.8) is 0 Å². The van der Waals surface area contributed by atoms with E-state index in [1.807, 2.05) is 60.4 Å². The van der Waals surface area contributed by atoms with Gasteiger partial charge in [-0.05, 0) is 73.7 Å². The van der Waals surface area contributed by atoms with Crippen molar-refractivity contribution >= 4 is 29.5 Å². The molecule has 10 nitrogen and oxygen atoms in total. The Hall–Kier alpha value is -5.36. The number of anilines is 2. The number of halogens is 2. The molecule has 46 heavy (non-hydrogen) atoms. The molecule has 4 N–H and O–H groups in total. The lowest BCUT2D eigenvalue weighted by atomic mass is 9.96. The van der Waals surface area contributed by atoms with E-state index >= 15 is 8.78 Å². The second-order valence-electron chi connectivity index (χ2n) is 10.9. The van der Waals surface area contributed by atoms with Crippen LogP contribution in [0.1, 0.15) is 34.3 Å². The zero-order valence-corrected chi connectivity index (χ0v) is 25.2. The first-order valence-corrected chi connectivity index (χ1v) is 14.8. The van der Waals surface area contributed by atoms with Crippen LogP contribution < -0.4 is 15.8 Å². The van der Waals surface area contributed by atoms with Crippen LogP contribution in [0.25, 0.3) is 16.9 Å². The Morgan fingerprint density at radius 1 is 1.09 bits per heavy atom. The number of fused-ring (bicyclic) bond motifs is 1. The van der Waals surface area contributed by atoms with Crippen LogP contribution in [-0.2, 0) is 11.4 Å². The fourth-order valence-corrected chi connectivity index (χ4v) is 5.44. The van der Waals surface area contributed by atoms with Gasteiger partial charge in [-0.25, -0.2) is 14.4 Å². The summed E-state index contributed by atoms with van der Waals surface area (Å²) in [5, 5.41) is 10.1. The van der Waals surface area contributed by atoms with E-state index < -0.39 is 11.6 Å². The lowest BCUT2D eigenvalue weighted by molar-refractivity contribution is -0.122. The summed E-state index contributed by atoms with van der Waals surface area (Å²) in [6.45, 7) is 3.85. The number of carboxylic acid groups (broad SMARTS) is 1. The van der Waals surface area contributed by atoms with Gasteiger partial charge in [0.15, 0.2) is 23.0 Å². The summed E-state index contributed by atoms with van der Waals surface area (Å²) in [5.74, 6) is -1.33. The van der Waals surface area contributed by atoms with Crippen molar-refractivity contribution in [1.82, 2.24) is 19.3 Å². The predicted octanol–water partition coefficient (Wildman–Crippen LogP) is 5.82. The van der Waals surface area contributed by atoms with Crippen molar-refractivity contribution in [2.45, 2.75) is 26.4 Å². The first-order chi connectivity index (χ1) is 22.3. The maximum absolute atomic E-state index is 15.3. The van der Waals surface area contributed by atoms with Crippen molar-refractivity contribution in [2.24, 2.45) is 11.7 Å². The normalized spacial score (nSPS) is 13.2. The van der Waals surface area contributed by atoms with Gasteiger partial charge in [0.2, 0.25) is 5.82 Å². The first-order valence-electron chi connectivity index (χ1n) is 14.8. The number of hydrogen-bond donors (Lipinski definition) is 3. The number of ether oxygens (including phenoxy) is 1. The third kappa shape index (κ3) is 6.97. The van der Waals surface area contributed by atoms with Crippen LogP contribution in [0.3, 0.4) is 0 Å². The number of aromatic nitrogens is 3. The van der Waals surface area contributed by atoms with Gasteiger partial charge in [-0.2, -0.15) is 4.39 Å². The van der Waals surface area contributed by atoms with Gasteiger partial charge in [0.25, 0.3) is 12.4 Å². The number of hydrogen-bond acceptors (Lipinski definition) is 7. The van der Waals surface area contributed by atoms with E-state index in [9.17, 15) is 4.79 Å². The molecule has 2 aromatic heterocycles. The number of nitrogens with two attached hydrogens (primary N) is 1. The zero-order chi connectivity index (χ0) is 32.6. The number of aryl methyl sites for hydroxylation is 1. The molecular weight excluding hydrogens is 594 g/mol. The van der Waals surface area contributed by atoms with Crippen molar-refractivity contribution in [3.8, 4) is 17.0 Å². The Morgan fingerprint density at radius 3 is 2.52 bits per heavy atom. The molecule has 3 heterocycles. The molecule has 3 aromatic carbocycles. The fourth-order valence-electron chi connectivity index (χ4n) is 5.44. The van der Waals surface area contributed by atoms with Crippen molar-refractivity contribution in [2.75, 3.05) is 25.0 Å². The summed E-state index contributed by atoms with van der Waals surface area (Å²) >= 11 is 0. The molecule has 0 saturated carbocycles. The summed E-state index contributed by atoms with van der Waals surface area (Å²) in [7, 11) is 0. The van der Waals surface area contributed by atoms with Gasteiger partial charge in [-0.15, -0.1) is 0 Å². The summed E-state index contributed by atoms with van der Waals surface area (Å²) < 4.78 is 37.5. The highest BCUT2D eigenvalue weighted by Crippen LogP contribution is 2.32. The Balaban J connectivity index is 0.00000134. The molecule has 1 aliphatic rings. The van der Waals surface area contributed by atoms with Gasteiger partial charge in [-0.3, -0.25) is 14.0 Å². The Bertz CT molecular complexity index is 1820. The van der Waals surface area contributed by atoms with Crippen LogP contribution in [0.4, 0.5) is 20.3 Å². The number of piperidine rings is 1. The van der Waals surface area contributed by atoms with Crippen LogP contribution >= 0.6 is 0 Å². The minimum atomic E-state index is -1.07. The molecule has 1 aliphatic heterocycles. The molecule has 1 fully saturated rings. The fraction of sp³-hybridized carbons (Fsp3) is 0.235. The number of carbonyl (C=O) groups is 2. The van der Waals surface area contributed by atoms with E-state index in [1.54, 1.807) is 16.8 Å². The number of benzene rings is 3. The van der Waals surface area contributed by atoms with Crippen LogP contribution in [-0.4, -0.2) is 56.4 Å². The molecule has 6 rings (SSSR count). The Kier molecular flexibility index (Phi) is 10.2. The molecule has 12 heteroatoms. The quantitative estimate of drug-likeness (QED) is 0.183. The van der Waals surface area contributed by atoms with Gasteiger partial charge in [0.1, 0.15) is 6.61 Å². The second kappa shape index (κ2) is 14.6. The highest BCUT2D eigenvalue weighted by atomic mass is 19.2. The molecule has 0 bridgehead atoms. The van der Waals surface area contributed by atoms with Crippen LogP contribution in [0, 0.1) is 24.5 Å². The van der Waals surface area contributed by atoms with Gasteiger partial charge in [-0.1, -0.05) is 30.3 Å². The number of amides is 1. The number of carbonyl (C=O) groups excluding carboxylic acids is 1. The number of nitrogens with one attached hydrogen (secondary N) is 1. The third-order valence-electron chi connectivity index (χ3n) is 7.94. The predicted molar refractivity (Wildman–Crippen MR) is 170 cm³/mol. The topological polar surface area (TPSA) is 135 Å². The average molecular weight is 629 g/mol. The molecular formula is C34H34F2N6O4. The monoisotopic (exact) mass is 628 g/mol. The molecule has 1 amide bonds. The SMILES string of the molecule is Cc1cc(Nc2nccn3c(-c4ccc(OCc5ccccc5)c(F)c4F)cnc23)ccc1C(=O)N1CCC(CN)CC1.O=CO. The number of likely N-dealkylation sites (tertiary alicyclic amines) is 1. The number of imidazole rings is 1. The molecule has 1 saturated heterocycles. The zero-order valence-electron chi connectivity index (χ0n) is 25.2. The molecule has 0 spiro atoms. The molecule has 0 unspecified atom stereocenters. The van der Waals surface area contributed by atoms with Crippen molar-refractivity contribution in [1.29, 1.82) is 0 Å². The van der Waals surface area contributed by atoms with Crippen LogP contribution in [0.2, 0.25) is 0 Å². The highest BCUT2D eigenvalue weighted by molar-refractivity contribution is 5.96.